The number of ether oxygens (including phenoxy) is 1. The van der Waals surface area contributed by atoms with Gasteiger partial charge in [0.15, 0.2) is 6.23 Å². The molecule has 2 unspecified atom stereocenters. The number of hydrogen-bond acceptors (Lipinski definition) is 5. The van der Waals surface area contributed by atoms with Crippen molar-refractivity contribution in [3.63, 3.8) is 0 Å². The molecule has 2 N–H and O–H groups in total. The van der Waals surface area contributed by atoms with Crippen LogP contribution in [0.4, 0.5) is 0 Å². The van der Waals surface area contributed by atoms with Crippen LogP contribution in [-0.4, -0.2) is 24.0 Å². The molecule has 0 bridgehead atoms. The molecular formula is C9H18N2O3. The van der Waals surface area contributed by atoms with Gasteiger partial charge < -0.3 is 4.74 Å². The molecule has 0 heterocycles. The van der Waals surface area contributed by atoms with Crippen molar-refractivity contribution >= 4 is 6.08 Å². The van der Waals surface area contributed by atoms with Crippen molar-refractivity contribution in [2.45, 2.75) is 52.0 Å². The van der Waals surface area contributed by atoms with Crippen LogP contribution in [0.5, 0.6) is 0 Å². The van der Waals surface area contributed by atoms with Gasteiger partial charge in [-0.2, -0.15) is 4.99 Å². The third-order valence-electron chi connectivity index (χ3n) is 1.55. The molecule has 82 valence electrons. The van der Waals surface area contributed by atoms with Crippen LogP contribution in [0.3, 0.4) is 0 Å². The monoisotopic (exact) mass is 202 g/mol. The molecule has 0 aliphatic heterocycles. The number of nitrogens with zero attached hydrogens (tertiary/aromatic N) is 1. The fraction of sp³-hybridized carbons (Fsp3) is 0.889. The standard InChI is InChI=1S/C9H18N2O3/c1-5-7(14-10)8(11-6-12)13-9(2,3)4/h7-8H,5,10H2,1-4H3. The van der Waals surface area contributed by atoms with Crippen LogP contribution in [-0.2, 0) is 14.4 Å². The van der Waals surface area contributed by atoms with Gasteiger partial charge in [0.05, 0.1) is 5.60 Å². The maximum absolute atomic E-state index is 10.2. The quantitative estimate of drug-likeness (QED) is 0.412. The average Bonchev–Trinajstić information content (AvgIpc) is 2.04. The number of carbonyl (C=O) groups excluding carboxylic acids is 1. The highest BCUT2D eigenvalue weighted by Crippen LogP contribution is 2.16. The van der Waals surface area contributed by atoms with Crippen molar-refractivity contribution in [1.82, 2.24) is 0 Å². The summed E-state index contributed by atoms with van der Waals surface area (Å²) in [4.78, 5) is 18.4. The number of rotatable bonds is 5. The Hall–Kier alpha value is -0.740. The van der Waals surface area contributed by atoms with Gasteiger partial charge in [0.1, 0.15) is 6.10 Å². The fourth-order valence-electron chi connectivity index (χ4n) is 0.965. The molecule has 0 aromatic heterocycles. The zero-order valence-electron chi connectivity index (χ0n) is 9.11. The predicted molar refractivity (Wildman–Crippen MR) is 52.1 cm³/mol. The smallest absolute Gasteiger partial charge is 0.237 e. The van der Waals surface area contributed by atoms with Crippen LogP contribution in [0.15, 0.2) is 4.99 Å². The topological polar surface area (TPSA) is 73.9 Å². The highest BCUT2D eigenvalue weighted by Gasteiger charge is 2.25. The summed E-state index contributed by atoms with van der Waals surface area (Å²) >= 11 is 0. The highest BCUT2D eigenvalue weighted by atomic mass is 16.6. The Morgan fingerprint density at radius 2 is 2.07 bits per heavy atom. The maximum Gasteiger partial charge on any atom is 0.237 e. The number of nitrogens with two attached hydrogens (primary N) is 1. The van der Waals surface area contributed by atoms with Crippen LogP contribution >= 0.6 is 0 Å². The van der Waals surface area contributed by atoms with Gasteiger partial charge >= 0.3 is 0 Å². The Morgan fingerprint density at radius 3 is 2.36 bits per heavy atom. The molecule has 0 aromatic carbocycles. The lowest BCUT2D eigenvalue weighted by Crippen LogP contribution is -2.37. The van der Waals surface area contributed by atoms with Crippen molar-refractivity contribution in [3.8, 4) is 0 Å². The van der Waals surface area contributed by atoms with E-state index < -0.39 is 17.9 Å². The van der Waals surface area contributed by atoms with Crippen LogP contribution in [0.2, 0.25) is 0 Å². The van der Waals surface area contributed by atoms with Crippen molar-refractivity contribution < 1.29 is 14.4 Å². The fourth-order valence-corrected chi connectivity index (χ4v) is 0.965. The molecule has 2 atom stereocenters. The lowest BCUT2D eigenvalue weighted by atomic mass is 10.1. The van der Waals surface area contributed by atoms with E-state index in [0.717, 1.165) is 0 Å². The molecule has 0 saturated carbocycles. The number of isocyanates is 1. The molecule has 14 heavy (non-hydrogen) atoms. The van der Waals surface area contributed by atoms with Gasteiger partial charge in [-0.1, -0.05) is 6.92 Å². The van der Waals surface area contributed by atoms with E-state index in [0.29, 0.717) is 6.42 Å². The molecule has 0 fully saturated rings. The maximum atomic E-state index is 10.2. The Kier molecular flexibility index (Phi) is 5.57. The lowest BCUT2D eigenvalue weighted by molar-refractivity contribution is -0.127. The summed E-state index contributed by atoms with van der Waals surface area (Å²) in [6, 6.07) is 0. The van der Waals surface area contributed by atoms with E-state index in [1.165, 1.54) is 6.08 Å². The van der Waals surface area contributed by atoms with E-state index in [-0.39, 0.29) is 0 Å². The van der Waals surface area contributed by atoms with E-state index in [4.69, 9.17) is 10.6 Å². The SMILES string of the molecule is CCC(ON)C(N=C=O)OC(C)(C)C. The summed E-state index contributed by atoms with van der Waals surface area (Å²) < 4.78 is 5.49. The first-order valence-corrected chi connectivity index (χ1v) is 4.55. The van der Waals surface area contributed by atoms with Gasteiger partial charge in [0.25, 0.3) is 0 Å². The minimum absolute atomic E-state index is 0.406. The van der Waals surface area contributed by atoms with Crippen LogP contribution in [0.1, 0.15) is 34.1 Å². The minimum Gasteiger partial charge on any atom is -0.347 e. The van der Waals surface area contributed by atoms with E-state index in [2.05, 4.69) is 9.83 Å². The van der Waals surface area contributed by atoms with Crippen LogP contribution in [0.25, 0.3) is 0 Å². The van der Waals surface area contributed by atoms with E-state index >= 15 is 0 Å². The van der Waals surface area contributed by atoms with Gasteiger partial charge in [0.2, 0.25) is 6.08 Å². The number of hydrogen-bond donors (Lipinski definition) is 1. The second-order valence-corrected chi connectivity index (χ2v) is 3.92. The third-order valence-corrected chi connectivity index (χ3v) is 1.55. The summed E-state index contributed by atoms with van der Waals surface area (Å²) in [7, 11) is 0. The van der Waals surface area contributed by atoms with Crippen molar-refractivity contribution in [2.75, 3.05) is 0 Å². The molecule has 0 radical (unpaired) electrons. The van der Waals surface area contributed by atoms with Gasteiger partial charge in [-0.3, -0.25) is 4.84 Å². The Morgan fingerprint density at radius 1 is 1.50 bits per heavy atom. The Balaban J connectivity index is 4.50. The first kappa shape index (κ1) is 13.3. The first-order chi connectivity index (χ1) is 6.44. The molecule has 0 rings (SSSR count). The van der Waals surface area contributed by atoms with Gasteiger partial charge in [0, 0.05) is 0 Å². The summed E-state index contributed by atoms with van der Waals surface area (Å²) in [5.74, 6) is 5.06. The summed E-state index contributed by atoms with van der Waals surface area (Å²) in [5.41, 5.74) is -0.406. The second kappa shape index (κ2) is 5.88. The minimum atomic E-state index is -0.692. The third kappa shape index (κ3) is 5.09. The van der Waals surface area contributed by atoms with E-state index in [9.17, 15) is 4.79 Å². The molecule has 5 nitrogen and oxygen atoms in total. The molecule has 0 aliphatic carbocycles. The van der Waals surface area contributed by atoms with E-state index in [1.807, 2.05) is 27.7 Å². The lowest BCUT2D eigenvalue weighted by Gasteiger charge is -2.27. The molecule has 5 heteroatoms. The Bertz CT molecular complexity index is 203. The van der Waals surface area contributed by atoms with Gasteiger partial charge in [-0.05, 0) is 27.2 Å². The largest absolute Gasteiger partial charge is 0.347 e. The normalized spacial score (nSPS) is 15.8. The Labute approximate surface area is 84.2 Å². The summed E-state index contributed by atoms with van der Waals surface area (Å²) in [6.45, 7) is 7.47. The first-order valence-electron chi connectivity index (χ1n) is 4.55. The second-order valence-electron chi connectivity index (χ2n) is 3.92. The van der Waals surface area contributed by atoms with Crippen molar-refractivity contribution in [3.05, 3.63) is 0 Å². The zero-order valence-corrected chi connectivity index (χ0v) is 9.11. The zero-order chi connectivity index (χ0) is 11.2. The average molecular weight is 202 g/mol. The summed E-state index contributed by atoms with van der Waals surface area (Å²) in [5, 5.41) is 0. The van der Waals surface area contributed by atoms with E-state index in [1.54, 1.807) is 0 Å². The molecule has 0 spiro atoms. The molecular weight excluding hydrogens is 184 g/mol. The molecule has 0 saturated heterocycles. The highest BCUT2D eigenvalue weighted by molar-refractivity contribution is 5.33. The molecule has 0 aliphatic rings. The number of aliphatic imine (C=N–C) groups is 1. The predicted octanol–water partition coefficient (Wildman–Crippen LogP) is 1.13. The molecule has 0 aromatic rings. The van der Waals surface area contributed by atoms with Crippen LogP contribution < -0.4 is 5.90 Å². The van der Waals surface area contributed by atoms with Crippen molar-refractivity contribution in [2.24, 2.45) is 10.9 Å². The summed E-state index contributed by atoms with van der Waals surface area (Å²) in [6.07, 6.45) is 0.955. The van der Waals surface area contributed by atoms with Crippen LogP contribution in [0, 0.1) is 0 Å². The van der Waals surface area contributed by atoms with Gasteiger partial charge in [-0.15, -0.1) is 0 Å². The van der Waals surface area contributed by atoms with Crippen molar-refractivity contribution in [1.29, 1.82) is 0 Å². The molecule has 0 amide bonds. The van der Waals surface area contributed by atoms with Gasteiger partial charge in [-0.25, -0.2) is 10.7 Å².